The van der Waals surface area contributed by atoms with Gasteiger partial charge in [-0.25, -0.2) is 0 Å². The predicted molar refractivity (Wildman–Crippen MR) is 119 cm³/mol. The molecular formula is C18H12Br2S4. The predicted octanol–water partition coefficient (Wildman–Crippen LogP) is 9.08. The van der Waals surface area contributed by atoms with Gasteiger partial charge in [0.2, 0.25) is 0 Å². The van der Waals surface area contributed by atoms with E-state index in [0.717, 1.165) is 0 Å². The zero-order chi connectivity index (χ0) is 16.8. The lowest BCUT2D eigenvalue weighted by molar-refractivity contribution is 1.51. The Morgan fingerprint density at radius 2 is 1.00 bits per heavy atom. The van der Waals surface area contributed by atoms with Gasteiger partial charge < -0.3 is 0 Å². The van der Waals surface area contributed by atoms with Crippen molar-refractivity contribution in [3.8, 4) is 29.3 Å². The summed E-state index contributed by atoms with van der Waals surface area (Å²) in [5.41, 5.74) is 2.73. The number of halogens is 2. The molecule has 0 saturated carbocycles. The summed E-state index contributed by atoms with van der Waals surface area (Å²) in [6, 6.07) is 13.3. The summed E-state index contributed by atoms with van der Waals surface area (Å²) >= 11 is 14.5. The second kappa shape index (κ2) is 6.82. The van der Waals surface area contributed by atoms with Crippen molar-refractivity contribution in [3.63, 3.8) is 0 Å². The van der Waals surface area contributed by atoms with Crippen LogP contribution in [0.25, 0.3) is 29.3 Å². The lowest BCUT2D eigenvalue weighted by atomic mass is 10.2. The van der Waals surface area contributed by atoms with Crippen molar-refractivity contribution in [3.05, 3.63) is 55.1 Å². The Kier molecular flexibility index (Phi) is 4.88. The van der Waals surface area contributed by atoms with Gasteiger partial charge in [0.1, 0.15) is 0 Å². The second-order valence-electron chi connectivity index (χ2n) is 5.45. The molecule has 4 aromatic heterocycles. The van der Waals surface area contributed by atoms with Gasteiger partial charge >= 0.3 is 0 Å². The fourth-order valence-electron chi connectivity index (χ4n) is 2.55. The second-order valence-corrected chi connectivity index (χ2v) is 12.5. The Balaban J connectivity index is 1.77. The van der Waals surface area contributed by atoms with Crippen molar-refractivity contribution >= 4 is 77.2 Å². The van der Waals surface area contributed by atoms with E-state index >= 15 is 0 Å². The highest BCUT2D eigenvalue weighted by atomic mass is 79.9. The van der Waals surface area contributed by atoms with Crippen molar-refractivity contribution in [1.29, 1.82) is 0 Å². The molecule has 4 rings (SSSR count). The molecule has 0 aliphatic rings. The van der Waals surface area contributed by atoms with Gasteiger partial charge in [-0.05, 0) is 93.2 Å². The van der Waals surface area contributed by atoms with Crippen LogP contribution in [-0.2, 0) is 0 Å². The Morgan fingerprint density at radius 1 is 0.583 bits per heavy atom. The fraction of sp³-hybridized carbons (Fsp3) is 0.111. The molecule has 0 N–H and O–H groups in total. The summed E-state index contributed by atoms with van der Waals surface area (Å²) < 4.78 is 2.37. The van der Waals surface area contributed by atoms with E-state index < -0.39 is 0 Å². The van der Waals surface area contributed by atoms with Crippen LogP contribution in [0, 0.1) is 13.8 Å². The number of rotatable bonds is 3. The van der Waals surface area contributed by atoms with Crippen LogP contribution in [0.5, 0.6) is 0 Å². The Hall–Kier alpha value is -0.240. The molecule has 0 bridgehead atoms. The average molecular weight is 516 g/mol. The molecule has 0 nitrogen and oxygen atoms in total. The quantitative estimate of drug-likeness (QED) is 0.255. The fourth-order valence-corrected chi connectivity index (χ4v) is 8.09. The standard InChI is InChI=1S/C18H12Br2S4/c1-9-7-13(11-3-5-15(19)21-11)23-17(9)18-10(2)8-14(24-18)12-4-6-16(20)22-12/h3-8H,1-2H3. The van der Waals surface area contributed by atoms with E-state index in [1.807, 2.05) is 22.7 Å². The average Bonchev–Trinajstić information content (AvgIpc) is 3.27. The molecule has 0 unspecified atom stereocenters. The molecule has 0 atom stereocenters. The van der Waals surface area contributed by atoms with Crippen LogP contribution in [0.15, 0.2) is 44.0 Å². The third-order valence-electron chi connectivity index (χ3n) is 3.67. The van der Waals surface area contributed by atoms with Gasteiger partial charge in [0, 0.05) is 29.3 Å². The van der Waals surface area contributed by atoms with E-state index in [2.05, 4.69) is 82.1 Å². The van der Waals surface area contributed by atoms with Gasteiger partial charge in [-0.1, -0.05) is 0 Å². The van der Waals surface area contributed by atoms with Gasteiger partial charge in [-0.2, -0.15) is 0 Å². The first-order chi connectivity index (χ1) is 11.5. The maximum atomic E-state index is 3.56. The van der Waals surface area contributed by atoms with Gasteiger partial charge in [-0.3, -0.25) is 0 Å². The Bertz CT molecular complexity index is 933. The molecule has 0 saturated heterocycles. The SMILES string of the molecule is Cc1cc(-c2ccc(Br)s2)sc1-c1sc(-c2ccc(Br)s2)cc1C. The lowest BCUT2D eigenvalue weighted by Crippen LogP contribution is -1.72. The van der Waals surface area contributed by atoms with Gasteiger partial charge in [0.15, 0.2) is 0 Å². The van der Waals surface area contributed by atoms with Crippen LogP contribution >= 0.6 is 77.2 Å². The Labute approximate surface area is 174 Å². The molecule has 0 aliphatic heterocycles. The summed E-state index contributed by atoms with van der Waals surface area (Å²) in [5, 5.41) is 0. The highest BCUT2D eigenvalue weighted by Crippen LogP contribution is 2.47. The zero-order valence-corrected chi connectivity index (χ0v) is 19.3. The molecule has 0 aliphatic carbocycles. The van der Waals surface area contributed by atoms with E-state index in [4.69, 9.17) is 0 Å². The summed E-state index contributed by atoms with van der Waals surface area (Å²) in [6.07, 6.45) is 0. The zero-order valence-electron chi connectivity index (χ0n) is 12.9. The van der Waals surface area contributed by atoms with Crippen LogP contribution in [-0.4, -0.2) is 0 Å². The molecule has 0 spiro atoms. The number of aryl methyl sites for hydroxylation is 2. The first-order valence-electron chi connectivity index (χ1n) is 7.24. The third-order valence-corrected chi connectivity index (χ3v) is 9.95. The van der Waals surface area contributed by atoms with E-state index in [9.17, 15) is 0 Å². The minimum atomic E-state index is 1.18. The molecule has 6 heteroatoms. The van der Waals surface area contributed by atoms with Gasteiger partial charge in [0.05, 0.1) is 7.57 Å². The molecule has 122 valence electrons. The van der Waals surface area contributed by atoms with E-state index in [1.165, 1.54) is 48.0 Å². The van der Waals surface area contributed by atoms with Crippen molar-refractivity contribution in [2.24, 2.45) is 0 Å². The highest BCUT2D eigenvalue weighted by Gasteiger charge is 2.16. The first-order valence-corrected chi connectivity index (χ1v) is 12.1. The summed E-state index contributed by atoms with van der Waals surface area (Å²) in [7, 11) is 0. The topological polar surface area (TPSA) is 0 Å². The molecule has 4 aromatic rings. The molecule has 0 aromatic carbocycles. The van der Waals surface area contributed by atoms with Crippen molar-refractivity contribution < 1.29 is 0 Å². The molecule has 0 amide bonds. The number of hydrogen-bond acceptors (Lipinski definition) is 4. The smallest absolute Gasteiger partial charge is 0.0705 e. The Morgan fingerprint density at radius 3 is 1.33 bits per heavy atom. The number of thiophene rings is 4. The molecule has 0 radical (unpaired) electrons. The minimum absolute atomic E-state index is 1.18. The van der Waals surface area contributed by atoms with Crippen LogP contribution in [0.4, 0.5) is 0 Å². The molecular weight excluding hydrogens is 504 g/mol. The maximum Gasteiger partial charge on any atom is 0.0705 e. The summed E-state index contributed by atoms with van der Waals surface area (Å²) in [5.74, 6) is 0. The van der Waals surface area contributed by atoms with Crippen molar-refractivity contribution in [2.45, 2.75) is 13.8 Å². The minimum Gasteiger partial charge on any atom is -0.133 e. The van der Waals surface area contributed by atoms with Gasteiger partial charge in [0.25, 0.3) is 0 Å². The van der Waals surface area contributed by atoms with E-state index in [-0.39, 0.29) is 0 Å². The normalized spacial score (nSPS) is 11.3. The molecule has 24 heavy (non-hydrogen) atoms. The summed E-state index contributed by atoms with van der Waals surface area (Å²) in [6.45, 7) is 4.44. The molecule has 4 heterocycles. The number of hydrogen-bond donors (Lipinski definition) is 0. The largest absolute Gasteiger partial charge is 0.133 e. The van der Waals surface area contributed by atoms with Crippen molar-refractivity contribution in [1.82, 2.24) is 0 Å². The lowest BCUT2D eigenvalue weighted by Gasteiger charge is -1.97. The highest BCUT2D eigenvalue weighted by molar-refractivity contribution is 9.11. The van der Waals surface area contributed by atoms with Gasteiger partial charge in [-0.15, -0.1) is 45.3 Å². The summed E-state index contributed by atoms with van der Waals surface area (Å²) in [4.78, 5) is 8.17. The van der Waals surface area contributed by atoms with Crippen LogP contribution in [0.3, 0.4) is 0 Å². The van der Waals surface area contributed by atoms with Crippen LogP contribution in [0.2, 0.25) is 0 Å². The van der Waals surface area contributed by atoms with Crippen molar-refractivity contribution in [2.75, 3.05) is 0 Å². The third kappa shape index (κ3) is 3.24. The van der Waals surface area contributed by atoms with E-state index in [1.54, 1.807) is 22.7 Å². The van der Waals surface area contributed by atoms with E-state index in [0.29, 0.717) is 0 Å². The monoisotopic (exact) mass is 514 g/mol. The maximum absolute atomic E-state index is 3.56. The van der Waals surface area contributed by atoms with Crippen LogP contribution < -0.4 is 0 Å². The first kappa shape index (κ1) is 17.2. The van der Waals surface area contributed by atoms with Crippen LogP contribution in [0.1, 0.15) is 11.1 Å². The molecule has 0 fully saturated rings.